The summed E-state index contributed by atoms with van der Waals surface area (Å²) in [5, 5.41) is 16.1. The lowest BCUT2D eigenvalue weighted by Crippen LogP contribution is -2.55. The quantitative estimate of drug-likeness (QED) is 0.0495. The van der Waals surface area contributed by atoms with Crippen LogP contribution in [-0.4, -0.2) is 54.7 Å². The summed E-state index contributed by atoms with van der Waals surface area (Å²) in [4.78, 5) is 67.4. The largest absolute Gasteiger partial charge is 0.481 e. The van der Waals surface area contributed by atoms with Crippen molar-refractivity contribution in [1.82, 2.24) is 10.6 Å². The van der Waals surface area contributed by atoms with Gasteiger partial charge in [0.25, 0.3) is 0 Å². The third-order valence-electron chi connectivity index (χ3n) is 15.2. The molecule has 0 saturated carbocycles. The molecule has 0 aliphatic carbocycles. The Kier molecular flexibility index (Phi) is 19.8. The molecule has 0 aromatic carbocycles. The van der Waals surface area contributed by atoms with Crippen molar-refractivity contribution in [2.45, 2.75) is 190 Å². The highest BCUT2D eigenvalue weighted by atomic mass is 16.6. The van der Waals surface area contributed by atoms with E-state index in [1.54, 1.807) is 20.8 Å². The molecular weight excluding hydrogens is 733 g/mol. The SMILES string of the molecule is CCCCC(CC)C(C)(C)CC(C(=O)NCNC(=O)CC(C)C)C(C)(C)C(C)C(C)(C(=O)OCCOC(=O)C(C)(C)C(C)(C)CC(C)(C(=O)O)C(C)(C)C)C(C)(C)C. The summed E-state index contributed by atoms with van der Waals surface area (Å²) in [5.74, 6) is -2.40. The van der Waals surface area contributed by atoms with Crippen LogP contribution in [0.25, 0.3) is 0 Å². The maximum absolute atomic E-state index is 14.4. The zero-order valence-electron chi connectivity index (χ0n) is 41.2. The summed E-state index contributed by atoms with van der Waals surface area (Å²) in [6.45, 7) is 41.4. The number of carbonyl (C=O) groups is 5. The highest BCUT2D eigenvalue weighted by molar-refractivity contribution is 5.82. The summed E-state index contributed by atoms with van der Waals surface area (Å²) in [6.07, 6.45) is 5.48. The number of carboxylic acid groups (broad SMARTS) is 1. The molecule has 0 saturated heterocycles. The number of nitrogens with one attached hydrogen (secondary N) is 2. The molecule has 0 bridgehead atoms. The van der Waals surface area contributed by atoms with E-state index in [1.807, 2.05) is 83.1 Å². The summed E-state index contributed by atoms with van der Waals surface area (Å²) in [6, 6.07) is 0. The van der Waals surface area contributed by atoms with Crippen molar-refractivity contribution in [3.8, 4) is 0 Å². The topological polar surface area (TPSA) is 148 Å². The first-order chi connectivity index (χ1) is 25.9. The second-order valence-corrected chi connectivity index (χ2v) is 22.7. The van der Waals surface area contributed by atoms with Crippen LogP contribution >= 0.6 is 0 Å². The Morgan fingerprint density at radius 2 is 1.19 bits per heavy atom. The highest BCUT2D eigenvalue weighted by Crippen LogP contribution is 2.57. The van der Waals surface area contributed by atoms with E-state index in [1.165, 1.54) is 0 Å². The minimum absolute atomic E-state index is 0.0274. The first kappa shape index (κ1) is 55.4. The monoisotopic (exact) mass is 823 g/mol. The van der Waals surface area contributed by atoms with Crippen molar-refractivity contribution >= 4 is 29.7 Å². The van der Waals surface area contributed by atoms with Gasteiger partial charge in [-0.25, -0.2) is 0 Å². The second-order valence-electron chi connectivity index (χ2n) is 22.7. The van der Waals surface area contributed by atoms with E-state index in [0.29, 0.717) is 18.8 Å². The molecule has 2 amide bonds. The van der Waals surface area contributed by atoms with Crippen LogP contribution in [0.1, 0.15) is 190 Å². The number of ether oxygens (including phenoxy) is 2. The smallest absolute Gasteiger partial charge is 0.312 e. The molecule has 340 valence electrons. The number of carboxylic acids is 1. The van der Waals surface area contributed by atoms with Gasteiger partial charge in [0.2, 0.25) is 11.8 Å². The van der Waals surface area contributed by atoms with Gasteiger partial charge in [-0.1, -0.05) is 137 Å². The summed E-state index contributed by atoms with van der Waals surface area (Å²) >= 11 is 0. The van der Waals surface area contributed by atoms with E-state index in [0.717, 1.165) is 25.7 Å². The molecule has 0 rings (SSSR count). The van der Waals surface area contributed by atoms with E-state index < -0.39 is 61.7 Å². The average molecular weight is 823 g/mol. The lowest BCUT2D eigenvalue weighted by atomic mass is 9.51. The van der Waals surface area contributed by atoms with Gasteiger partial charge < -0.3 is 25.2 Å². The van der Waals surface area contributed by atoms with Gasteiger partial charge in [0, 0.05) is 12.3 Å². The Hall–Kier alpha value is -2.65. The van der Waals surface area contributed by atoms with Gasteiger partial charge in [-0.15, -0.1) is 0 Å². The normalized spacial score (nSPS) is 17.0. The molecule has 3 N–H and O–H groups in total. The first-order valence-corrected chi connectivity index (χ1v) is 22.1. The van der Waals surface area contributed by atoms with Crippen LogP contribution in [0.3, 0.4) is 0 Å². The van der Waals surface area contributed by atoms with Gasteiger partial charge in [-0.3, -0.25) is 24.0 Å². The number of amides is 2. The van der Waals surface area contributed by atoms with Crippen molar-refractivity contribution in [3.05, 3.63) is 0 Å². The first-order valence-electron chi connectivity index (χ1n) is 22.1. The predicted molar refractivity (Wildman–Crippen MR) is 236 cm³/mol. The molecule has 0 fully saturated rings. The molecule has 0 aromatic heterocycles. The van der Waals surface area contributed by atoms with Crippen LogP contribution in [0.5, 0.6) is 0 Å². The van der Waals surface area contributed by atoms with E-state index in [2.05, 4.69) is 52.2 Å². The van der Waals surface area contributed by atoms with Crippen LogP contribution in [0.2, 0.25) is 0 Å². The third-order valence-corrected chi connectivity index (χ3v) is 15.2. The molecule has 0 aliphatic rings. The Labute approximate surface area is 355 Å². The average Bonchev–Trinajstić information content (AvgIpc) is 3.06. The molecule has 5 atom stereocenters. The number of unbranched alkanes of at least 4 members (excludes halogenated alkanes) is 1. The Morgan fingerprint density at radius 1 is 0.690 bits per heavy atom. The number of esters is 2. The van der Waals surface area contributed by atoms with Crippen LogP contribution in [0, 0.1) is 67.0 Å². The van der Waals surface area contributed by atoms with Crippen molar-refractivity contribution < 1.29 is 38.6 Å². The zero-order valence-corrected chi connectivity index (χ0v) is 41.2. The number of rotatable bonds is 24. The van der Waals surface area contributed by atoms with E-state index >= 15 is 0 Å². The minimum atomic E-state index is -1.10. The maximum Gasteiger partial charge on any atom is 0.312 e. The second kappa shape index (κ2) is 20.7. The van der Waals surface area contributed by atoms with Gasteiger partial charge in [0.05, 0.1) is 22.9 Å². The Morgan fingerprint density at radius 3 is 1.60 bits per heavy atom. The lowest BCUT2D eigenvalue weighted by molar-refractivity contribution is -0.180. The standard InChI is InChI=1S/C48H90N2O8/c1-22-24-25-34(23-2)43(12,13)29-35(37(52)50-31-49-36(51)28-32(3)4)45(16,17)33(5)48(21,42(9,10)11)40(56)58-27-26-57-39(55)46(18,19)44(14,15)30-47(20,38(53)54)41(6,7)8/h32-35H,22-31H2,1-21H3,(H,49,51)(H,50,52)(H,53,54). The lowest BCUT2D eigenvalue weighted by Gasteiger charge is -2.53. The molecule has 0 aliphatic heterocycles. The summed E-state index contributed by atoms with van der Waals surface area (Å²) in [5.41, 5.74) is -6.04. The fourth-order valence-electron chi connectivity index (χ4n) is 8.60. The molecule has 5 unspecified atom stereocenters. The fourth-order valence-corrected chi connectivity index (χ4v) is 8.60. The molecule has 58 heavy (non-hydrogen) atoms. The van der Waals surface area contributed by atoms with Gasteiger partial charge in [-0.2, -0.15) is 0 Å². The third kappa shape index (κ3) is 13.4. The zero-order chi connectivity index (χ0) is 46.1. The molecule has 0 radical (unpaired) electrons. The number of aliphatic carboxylic acids is 1. The number of carbonyl (C=O) groups excluding carboxylic acids is 4. The molecule has 10 heteroatoms. The van der Waals surface area contributed by atoms with E-state index in [9.17, 15) is 29.1 Å². The number of hydrogen-bond acceptors (Lipinski definition) is 7. The summed E-state index contributed by atoms with van der Waals surface area (Å²) < 4.78 is 11.7. The molecule has 0 aromatic rings. The van der Waals surface area contributed by atoms with E-state index in [4.69, 9.17) is 9.47 Å². The maximum atomic E-state index is 14.4. The Bertz CT molecular complexity index is 1380. The fraction of sp³-hybridized carbons (Fsp3) is 0.896. The van der Waals surface area contributed by atoms with Crippen molar-refractivity contribution in [3.63, 3.8) is 0 Å². The van der Waals surface area contributed by atoms with Gasteiger partial charge in [-0.05, 0) is 91.8 Å². The molecule has 0 heterocycles. The van der Waals surface area contributed by atoms with Gasteiger partial charge >= 0.3 is 17.9 Å². The molecular formula is C48H90N2O8. The molecule has 0 spiro atoms. The Balaban J connectivity index is 6.51. The van der Waals surface area contributed by atoms with Gasteiger partial charge in [0.15, 0.2) is 0 Å². The summed E-state index contributed by atoms with van der Waals surface area (Å²) in [7, 11) is 0. The van der Waals surface area contributed by atoms with E-state index in [-0.39, 0.29) is 55.4 Å². The van der Waals surface area contributed by atoms with Crippen molar-refractivity contribution in [2.24, 2.45) is 67.0 Å². The van der Waals surface area contributed by atoms with Crippen LogP contribution in [0.15, 0.2) is 0 Å². The van der Waals surface area contributed by atoms with Gasteiger partial charge in [0.1, 0.15) is 13.2 Å². The van der Waals surface area contributed by atoms with Crippen LogP contribution in [-0.2, 0) is 33.4 Å². The van der Waals surface area contributed by atoms with Crippen LogP contribution in [0.4, 0.5) is 0 Å². The predicted octanol–water partition coefficient (Wildman–Crippen LogP) is 10.9. The van der Waals surface area contributed by atoms with Crippen LogP contribution < -0.4 is 10.6 Å². The number of hydrogen-bond donors (Lipinski definition) is 3. The minimum Gasteiger partial charge on any atom is -0.481 e. The van der Waals surface area contributed by atoms with Crippen molar-refractivity contribution in [2.75, 3.05) is 19.9 Å². The highest BCUT2D eigenvalue weighted by Gasteiger charge is 2.58. The van der Waals surface area contributed by atoms with Crippen molar-refractivity contribution in [1.29, 1.82) is 0 Å². The molecule has 10 nitrogen and oxygen atoms in total.